The second-order valence-electron chi connectivity index (χ2n) is 4.58. The van der Waals surface area contributed by atoms with Gasteiger partial charge in [-0.1, -0.05) is 30.3 Å². The zero-order chi connectivity index (χ0) is 16.1. The number of nitrogens with one attached hydrogen (secondary N) is 1. The Morgan fingerprint density at radius 1 is 1.18 bits per heavy atom. The van der Waals surface area contributed by atoms with Crippen molar-refractivity contribution >= 4 is 34.1 Å². The molecule has 6 nitrogen and oxygen atoms in total. The molecule has 0 aliphatic heterocycles. The van der Waals surface area contributed by atoms with Crippen LogP contribution >= 0.6 is 11.3 Å². The molecule has 0 aliphatic carbocycles. The summed E-state index contributed by atoms with van der Waals surface area (Å²) in [6, 6.07) is 10.0. The molecule has 0 bridgehead atoms. The highest BCUT2D eigenvalue weighted by atomic mass is 32.1. The second kappa shape index (κ2) is 6.86. The molecule has 1 aromatic heterocycles. The molecule has 0 fully saturated rings. The van der Waals surface area contributed by atoms with Crippen molar-refractivity contribution in [3.05, 3.63) is 52.9 Å². The molecule has 2 aromatic rings. The van der Waals surface area contributed by atoms with Crippen LogP contribution in [-0.4, -0.2) is 22.9 Å². The number of hydrogen-bond donors (Lipinski definition) is 3. The first-order chi connectivity index (χ1) is 10.5. The summed E-state index contributed by atoms with van der Waals surface area (Å²) in [5.74, 6) is -3.16. The van der Waals surface area contributed by atoms with E-state index in [0.29, 0.717) is 10.6 Å². The fraction of sp³-hybridized carbons (Fsp3) is 0.133. The van der Waals surface area contributed by atoms with Crippen molar-refractivity contribution in [2.24, 2.45) is 5.73 Å². The fourth-order valence-corrected chi connectivity index (χ4v) is 2.80. The zero-order valence-electron chi connectivity index (χ0n) is 11.5. The highest BCUT2D eigenvalue weighted by Crippen LogP contribution is 2.25. The monoisotopic (exact) mass is 318 g/mol. The fourth-order valence-electron chi connectivity index (χ4n) is 2.00. The molecule has 0 aliphatic rings. The van der Waals surface area contributed by atoms with Gasteiger partial charge in [0, 0.05) is 6.42 Å². The maximum atomic E-state index is 12.1. The van der Waals surface area contributed by atoms with Crippen molar-refractivity contribution in [3.63, 3.8) is 0 Å². The standard InChI is InChI=1S/C15H14N2O4S/c16-13(19)10-6-7-22-14(10)17-12(18)8-11(15(20)21)9-4-2-1-3-5-9/h1-7,11H,8H2,(H2,16,19)(H,17,18)(H,20,21)/t11-/m1/s1. The number of benzene rings is 1. The van der Waals surface area contributed by atoms with Crippen LogP contribution in [0.1, 0.15) is 28.3 Å². The molecule has 22 heavy (non-hydrogen) atoms. The summed E-state index contributed by atoms with van der Waals surface area (Å²) in [5.41, 5.74) is 5.96. The maximum absolute atomic E-state index is 12.1. The van der Waals surface area contributed by atoms with Crippen LogP contribution in [0.2, 0.25) is 0 Å². The average Bonchev–Trinajstić information content (AvgIpc) is 2.93. The van der Waals surface area contributed by atoms with E-state index >= 15 is 0 Å². The number of carboxylic acids is 1. The summed E-state index contributed by atoms with van der Waals surface area (Å²) in [4.78, 5) is 34.6. The molecule has 1 aromatic carbocycles. The average molecular weight is 318 g/mol. The number of rotatable bonds is 6. The summed E-state index contributed by atoms with van der Waals surface area (Å²) in [6.07, 6.45) is -0.227. The number of primary amides is 1. The van der Waals surface area contributed by atoms with E-state index in [0.717, 1.165) is 11.3 Å². The van der Waals surface area contributed by atoms with Gasteiger partial charge in [-0.05, 0) is 17.0 Å². The van der Waals surface area contributed by atoms with E-state index in [1.807, 2.05) is 0 Å². The largest absolute Gasteiger partial charge is 0.481 e. The summed E-state index contributed by atoms with van der Waals surface area (Å²) in [7, 11) is 0. The Labute approximate surface area is 130 Å². The summed E-state index contributed by atoms with van der Waals surface area (Å²) < 4.78 is 0. The predicted octanol–water partition coefficient (Wildman–Crippen LogP) is 2.04. The van der Waals surface area contributed by atoms with E-state index in [1.54, 1.807) is 35.7 Å². The first kappa shape index (κ1) is 15.7. The van der Waals surface area contributed by atoms with Gasteiger partial charge in [-0.25, -0.2) is 0 Å². The molecule has 1 heterocycles. The Balaban J connectivity index is 2.11. The van der Waals surface area contributed by atoms with Crippen molar-refractivity contribution in [3.8, 4) is 0 Å². The highest BCUT2D eigenvalue weighted by molar-refractivity contribution is 7.14. The number of amides is 2. The SMILES string of the molecule is NC(=O)c1ccsc1NC(=O)C[C@@H](C(=O)O)c1ccccc1. The van der Waals surface area contributed by atoms with Gasteiger partial charge in [-0.2, -0.15) is 0 Å². The third-order valence-corrected chi connectivity index (χ3v) is 3.90. The van der Waals surface area contributed by atoms with Gasteiger partial charge in [0.1, 0.15) is 5.00 Å². The van der Waals surface area contributed by atoms with E-state index in [1.165, 1.54) is 6.07 Å². The van der Waals surface area contributed by atoms with Gasteiger partial charge in [-0.15, -0.1) is 11.3 Å². The van der Waals surface area contributed by atoms with E-state index < -0.39 is 23.7 Å². The number of anilines is 1. The van der Waals surface area contributed by atoms with Crippen molar-refractivity contribution in [1.29, 1.82) is 0 Å². The van der Waals surface area contributed by atoms with Gasteiger partial charge in [0.05, 0.1) is 11.5 Å². The van der Waals surface area contributed by atoms with Crippen molar-refractivity contribution in [1.82, 2.24) is 0 Å². The third-order valence-electron chi connectivity index (χ3n) is 3.07. The van der Waals surface area contributed by atoms with Crippen LogP contribution in [0.4, 0.5) is 5.00 Å². The Hall–Kier alpha value is -2.67. The number of carbonyl (C=O) groups excluding carboxylic acids is 2. The van der Waals surface area contributed by atoms with Crippen LogP contribution in [0.3, 0.4) is 0 Å². The molecule has 0 saturated heterocycles. The minimum absolute atomic E-state index is 0.213. The third kappa shape index (κ3) is 3.70. The summed E-state index contributed by atoms with van der Waals surface area (Å²) >= 11 is 1.16. The van der Waals surface area contributed by atoms with Crippen LogP contribution in [0.15, 0.2) is 41.8 Å². The molecule has 0 spiro atoms. The van der Waals surface area contributed by atoms with Crippen molar-refractivity contribution in [2.75, 3.05) is 5.32 Å². The predicted molar refractivity (Wildman–Crippen MR) is 82.9 cm³/mol. The van der Waals surface area contributed by atoms with Crippen LogP contribution in [0, 0.1) is 0 Å². The molecule has 2 rings (SSSR count). The molecule has 7 heteroatoms. The summed E-state index contributed by atoms with van der Waals surface area (Å²) in [6.45, 7) is 0. The molecule has 0 saturated carbocycles. The first-order valence-corrected chi connectivity index (χ1v) is 7.32. The Kier molecular flexibility index (Phi) is 4.90. The van der Waals surface area contributed by atoms with Crippen LogP contribution < -0.4 is 11.1 Å². The molecule has 4 N–H and O–H groups in total. The lowest BCUT2D eigenvalue weighted by Gasteiger charge is -2.12. The van der Waals surface area contributed by atoms with Crippen molar-refractivity contribution in [2.45, 2.75) is 12.3 Å². The number of aliphatic carboxylic acids is 1. The number of nitrogens with two attached hydrogens (primary N) is 1. The molecule has 0 radical (unpaired) electrons. The number of carbonyl (C=O) groups is 3. The molecule has 0 unspecified atom stereocenters. The van der Waals surface area contributed by atoms with Crippen LogP contribution in [0.5, 0.6) is 0 Å². The summed E-state index contributed by atoms with van der Waals surface area (Å²) in [5, 5.41) is 13.8. The van der Waals surface area contributed by atoms with Gasteiger partial charge >= 0.3 is 5.97 Å². The molecule has 114 valence electrons. The van der Waals surface area contributed by atoms with Crippen molar-refractivity contribution < 1.29 is 19.5 Å². The molecule has 2 amide bonds. The lowest BCUT2D eigenvalue weighted by atomic mass is 9.95. The minimum atomic E-state index is -1.08. The Morgan fingerprint density at radius 3 is 2.45 bits per heavy atom. The lowest BCUT2D eigenvalue weighted by Crippen LogP contribution is -2.22. The van der Waals surface area contributed by atoms with Crippen LogP contribution in [0.25, 0.3) is 0 Å². The van der Waals surface area contributed by atoms with Crippen LogP contribution in [-0.2, 0) is 9.59 Å². The number of carboxylic acid groups (broad SMARTS) is 1. The van der Waals surface area contributed by atoms with Gasteiger partial charge < -0.3 is 16.2 Å². The Bertz CT molecular complexity index is 697. The van der Waals surface area contributed by atoms with E-state index in [-0.39, 0.29) is 12.0 Å². The maximum Gasteiger partial charge on any atom is 0.311 e. The first-order valence-electron chi connectivity index (χ1n) is 6.44. The van der Waals surface area contributed by atoms with E-state index in [4.69, 9.17) is 5.73 Å². The van der Waals surface area contributed by atoms with E-state index in [2.05, 4.69) is 5.32 Å². The van der Waals surface area contributed by atoms with E-state index in [9.17, 15) is 19.5 Å². The number of thiophene rings is 1. The Morgan fingerprint density at radius 2 is 1.86 bits per heavy atom. The highest BCUT2D eigenvalue weighted by Gasteiger charge is 2.24. The molecule has 1 atom stereocenters. The second-order valence-corrected chi connectivity index (χ2v) is 5.50. The van der Waals surface area contributed by atoms with Gasteiger partial charge in [0.2, 0.25) is 5.91 Å². The van der Waals surface area contributed by atoms with Gasteiger partial charge in [-0.3, -0.25) is 14.4 Å². The minimum Gasteiger partial charge on any atom is -0.481 e. The smallest absolute Gasteiger partial charge is 0.311 e. The lowest BCUT2D eigenvalue weighted by molar-refractivity contribution is -0.140. The van der Waals surface area contributed by atoms with Gasteiger partial charge in [0.25, 0.3) is 5.91 Å². The zero-order valence-corrected chi connectivity index (χ0v) is 12.3. The normalized spacial score (nSPS) is 11.6. The van der Waals surface area contributed by atoms with Gasteiger partial charge in [0.15, 0.2) is 0 Å². The number of hydrogen-bond acceptors (Lipinski definition) is 4. The topological polar surface area (TPSA) is 109 Å². The quantitative estimate of drug-likeness (QED) is 0.757. The molecular weight excluding hydrogens is 304 g/mol. The molecular formula is C15H14N2O4S.